The fourth-order valence-electron chi connectivity index (χ4n) is 3.93. The van der Waals surface area contributed by atoms with E-state index in [2.05, 4.69) is 20.2 Å². The maximum atomic E-state index is 12.4. The predicted molar refractivity (Wildman–Crippen MR) is 96.4 cm³/mol. The molecule has 1 amide bonds. The molecule has 0 unspecified atom stereocenters. The number of aryl methyl sites for hydroxylation is 1. The van der Waals surface area contributed by atoms with Gasteiger partial charge in [-0.15, -0.1) is 0 Å². The zero-order chi connectivity index (χ0) is 17.1. The van der Waals surface area contributed by atoms with Crippen molar-refractivity contribution in [3.8, 4) is 0 Å². The van der Waals surface area contributed by atoms with E-state index < -0.39 is 0 Å². The zero-order valence-electron chi connectivity index (χ0n) is 14.5. The first-order valence-electron chi connectivity index (χ1n) is 9.34. The van der Waals surface area contributed by atoms with Crippen molar-refractivity contribution in [3.63, 3.8) is 0 Å². The van der Waals surface area contributed by atoms with Gasteiger partial charge in [0.1, 0.15) is 5.82 Å². The number of imidazole rings is 1. The quantitative estimate of drug-likeness (QED) is 0.870. The van der Waals surface area contributed by atoms with Crippen LogP contribution in [-0.4, -0.2) is 59.2 Å². The number of ether oxygens (including phenoxy) is 1. The van der Waals surface area contributed by atoms with Crippen LogP contribution in [0.3, 0.4) is 0 Å². The molecule has 6 heteroatoms. The molecule has 0 saturated carbocycles. The van der Waals surface area contributed by atoms with Gasteiger partial charge in [0.25, 0.3) is 0 Å². The summed E-state index contributed by atoms with van der Waals surface area (Å²) in [6.45, 7) is 3.60. The van der Waals surface area contributed by atoms with Gasteiger partial charge in [0.15, 0.2) is 0 Å². The van der Waals surface area contributed by atoms with Crippen LogP contribution < -0.4 is 5.32 Å². The van der Waals surface area contributed by atoms with Gasteiger partial charge in [-0.1, -0.05) is 18.6 Å². The number of fused-ring (bicyclic) bond motifs is 1. The first-order valence-corrected chi connectivity index (χ1v) is 9.34. The highest BCUT2D eigenvalue weighted by atomic mass is 16.5. The number of carbonyl (C=O) groups excluding carboxylic acids is 1. The Bertz CT molecular complexity index is 690. The van der Waals surface area contributed by atoms with E-state index in [1.807, 2.05) is 24.3 Å². The van der Waals surface area contributed by atoms with E-state index in [-0.39, 0.29) is 11.9 Å². The van der Waals surface area contributed by atoms with Crippen molar-refractivity contribution in [3.05, 3.63) is 30.1 Å². The number of carbonyl (C=O) groups is 1. The molecule has 3 heterocycles. The van der Waals surface area contributed by atoms with Crippen LogP contribution in [0.25, 0.3) is 11.0 Å². The Morgan fingerprint density at radius 1 is 1.24 bits per heavy atom. The van der Waals surface area contributed by atoms with Crippen LogP contribution in [0.2, 0.25) is 0 Å². The lowest BCUT2D eigenvalue weighted by molar-refractivity contribution is -0.122. The van der Waals surface area contributed by atoms with Gasteiger partial charge in [0.2, 0.25) is 5.91 Å². The number of piperidine rings is 1. The van der Waals surface area contributed by atoms with Crippen molar-refractivity contribution in [2.45, 2.75) is 44.2 Å². The van der Waals surface area contributed by atoms with E-state index in [0.29, 0.717) is 25.5 Å². The van der Waals surface area contributed by atoms with E-state index in [9.17, 15) is 4.79 Å². The molecule has 0 aliphatic carbocycles. The minimum absolute atomic E-state index is 0.0814. The van der Waals surface area contributed by atoms with Gasteiger partial charge in [0, 0.05) is 12.8 Å². The van der Waals surface area contributed by atoms with Crippen molar-refractivity contribution in [2.75, 3.05) is 26.3 Å². The molecule has 2 atom stereocenters. The van der Waals surface area contributed by atoms with Gasteiger partial charge in [-0.2, -0.15) is 0 Å². The molecular formula is C19H26N4O2. The Morgan fingerprint density at radius 2 is 2.08 bits per heavy atom. The van der Waals surface area contributed by atoms with Gasteiger partial charge in [0.05, 0.1) is 36.3 Å². The van der Waals surface area contributed by atoms with Crippen LogP contribution in [-0.2, 0) is 16.0 Å². The fourth-order valence-corrected chi connectivity index (χ4v) is 3.93. The number of nitrogens with one attached hydrogen (secondary N) is 2. The van der Waals surface area contributed by atoms with Gasteiger partial charge in [-0.25, -0.2) is 4.98 Å². The van der Waals surface area contributed by atoms with E-state index >= 15 is 0 Å². The third-order valence-corrected chi connectivity index (χ3v) is 5.28. The number of hydrogen-bond acceptors (Lipinski definition) is 4. The Kier molecular flexibility index (Phi) is 4.99. The van der Waals surface area contributed by atoms with Gasteiger partial charge in [-0.3, -0.25) is 9.69 Å². The van der Waals surface area contributed by atoms with Crippen molar-refractivity contribution < 1.29 is 9.53 Å². The first kappa shape index (κ1) is 16.5. The lowest BCUT2D eigenvalue weighted by Gasteiger charge is -2.34. The number of aromatic amines is 1. The van der Waals surface area contributed by atoms with Crippen molar-refractivity contribution in [2.24, 2.45) is 0 Å². The lowest BCUT2D eigenvalue weighted by atomic mass is 10.0. The van der Waals surface area contributed by atoms with Gasteiger partial charge in [-0.05, 0) is 38.1 Å². The summed E-state index contributed by atoms with van der Waals surface area (Å²) in [5.74, 6) is 0.949. The summed E-state index contributed by atoms with van der Waals surface area (Å²) < 4.78 is 5.65. The third kappa shape index (κ3) is 3.85. The van der Waals surface area contributed by atoms with Crippen molar-refractivity contribution in [1.82, 2.24) is 20.2 Å². The highest BCUT2D eigenvalue weighted by Gasteiger charge is 2.34. The van der Waals surface area contributed by atoms with Crippen LogP contribution in [0.4, 0.5) is 0 Å². The number of rotatable bonds is 5. The highest BCUT2D eigenvalue weighted by molar-refractivity contribution is 5.77. The molecule has 25 heavy (non-hydrogen) atoms. The molecule has 2 N–H and O–H groups in total. The first-order chi connectivity index (χ1) is 12.3. The molecule has 2 fully saturated rings. The summed E-state index contributed by atoms with van der Waals surface area (Å²) >= 11 is 0. The second-order valence-corrected chi connectivity index (χ2v) is 7.08. The van der Waals surface area contributed by atoms with Crippen LogP contribution in [0, 0.1) is 0 Å². The van der Waals surface area contributed by atoms with E-state index in [4.69, 9.17) is 4.74 Å². The maximum Gasteiger partial charge on any atom is 0.220 e. The molecule has 2 aromatic rings. The molecular weight excluding hydrogens is 316 g/mol. The SMILES string of the molecule is O=C(CCc1nc2ccccc2[nH]1)N[C@H]1COC[C@@H]1N1CCCCC1. The topological polar surface area (TPSA) is 70.2 Å². The maximum absolute atomic E-state index is 12.4. The lowest BCUT2D eigenvalue weighted by Crippen LogP contribution is -2.52. The number of hydrogen-bond donors (Lipinski definition) is 2. The molecule has 1 aromatic heterocycles. The molecule has 2 aliphatic rings. The second-order valence-electron chi connectivity index (χ2n) is 7.08. The summed E-state index contributed by atoms with van der Waals surface area (Å²) in [5, 5.41) is 3.18. The van der Waals surface area contributed by atoms with Crippen LogP contribution >= 0.6 is 0 Å². The fraction of sp³-hybridized carbons (Fsp3) is 0.579. The number of para-hydroxylation sites is 2. The molecule has 6 nitrogen and oxygen atoms in total. The molecule has 0 radical (unpaired) electrons. The zero-order valence-corrected chi connectivity index (χ0v) is 14.5. The number of benzene rings is 1. The number of nitrogens with zero attached hydrogens (tertiary/aromatic N) is 2. The molecule has 0 spiro atoms. The number of aromatic nitrogens is 2. The average Bonchev–Trinajstić information content (AvgIpc) is 3.27. The second kappa shape index (κ2) is 7.54. The van der Waals surface area contributed by atoms with Crippen LogP contribution in [0.5, 0.6) is 0 Å². The monoisotopic (exact) mass is 342 g/mol. The summed E-state index contributed by atoms with van der Waals surface area (Å²) in [5.41, 5.74) is 1.97. The van der Waals surface area contributed by atoms with Crippen LogP contribution in [0.15, 0.2) is 24.3 Å². The molecule has 2 saturated heterocycles. The standard InChI is InChI=1S/C19H26N4O2/c24-19(9-8-18-20-14-6-2-3-7-15(14)21-18)22-16-12-25-13-17(16)23-10-4-1-5-11-23/h2-3,6-7,16-17H,1,4-5,8-13H2,(H,20,21)(H,22,24)/t16-,17-/m0/s1. The van der Waals surface area contributed by atoms with Gasteiger partial charge >= 0.3 is 0 Å². The normalized spacial score (nSPS) is 24.6. The minimum atomic E-state index is 0.0814. The molecule has 4 rings (SSSR count). The minimum Gasteiger partial charge on any atom is -0.378 e. The average molecular weight is 342 g/mol. The smallest absolute Gasteiger partial charge is 0.220 e. The summed E-state index contributed by atoms with van der Waals surface area (Å²) in [6.07, 6.45) is 4.90. The molecule has 134 valence electrons. The van der Waals surface area contributed by atoms with Gasteiger partial charge < -0.3 is 15.0 Å². The largest absolute Gasteiger partial charge is 0.378 e. The number of H-pyrrole nitrogens is 1. The Morgan fingerprint density at radius 3 is 2.92 bits per heavy atom. The highest BCUT2D eigenvalue weighted by Crippen LogP contribution is 2.19. The third-order valence-electron chi connectivity index (χ3n) is 5.28. The van der Waals surface area contributed by atoms with Crippen molar-refractivity contribution in [1.29, 1.82) is 0 Å². The molecule has 2 aliphatic heterocycles. The van der Waals surface area contributed by atoms with E-state index in [0.717, 1.165) is 36.6 Å². The number of amides is 1. The summed E-state index contributed by atoms with van der Waals surface area (Å²) in [4.78, 5) is 22.7. The summed E-state index contributed by atoms with van der Waals surface area (Å²) in [6, 6.07) is 8.38. The Hall–Kier alpha value is -1.92. The Labute approximate surface area is 147 Å². The predicted octanol–water partition coefficient (Wildman–Crippen LogP) is 1.86. The molecule has 1 aromatic carbocycles. The van der Waals surface area contributed by atoms with Crippen LogP contribution in [0.1, 0.15) is 31.5 Å². The molecule has 0 bridgehead atoms. The number of likely N-dealkylation sites (tertiary alicyclic amines) is 1. The Balaban J connectivity index is 1.30. The van der Waals surface area contributed by atoms with E-state index in [1.54, 1.807) is 0 Å². The van der Waals surface area contributed by atoms with Crippen molar-refractivity contribution >= 4 is 16.9 Å². The summed E-state index contributed by atoms with van der Waals surface area (Å²) in [7, 11) is 0. The van der Waals surface area contributed by atoms with E-state index in [1.165, 1.54) is 19.3 Å².